The molecule has 4 nitrogen and oxygen atoms in total. The first-order chi connectivity index (χ1) is 8.91. The van der Waals surface area contributed by atoms with Crippen molar-refractivity contribution in [2.24, 2.45) is 0 Å². The number of hydrogen-bond acceptors (Lipinski definition) is 3. The van der Waals surface area contributed by atoms with Gasteiger partial charge >= 0.3 is 0 Å². The monoisotopic (exact) mass is 294 g/mol. The molecule has 5 heteroatoms. The Bertz CT molecular complexity index is 301. The Hall–Kier alpha value is -0.130. The van der Waals surface area contributed by atoms with Gasteiger partial charge in [-0.2, -0.15) is 8.42 Å². The summed E-state index contributed by atoms with van der Waals surface area (Å²) in [6, 6.07) is 0. The first-order valence-electron chi connectivity index (χ1n) is 7.56. The smallest absolute Gasteiger partial charge is 0.267 e. The number of aliphatic hydroxyl groups is 1. The molecule has 0 aliphatic carbocycles. The fraction of sp³-hybridized carbons (Fsp3) is 1.00. The molecule has 0 fully saturated rings. The number of rotatable bonds is 12. The van der Waals surface area contributed by atoms with Crippen LogP contribution < -0.4 is 0 Å². The molecule has 2 atom stereocenters. The summed E-state index contributed by atoms with van der Waals surface area (Å²) in [6.45, 7) is 4.02. The van der Waals surface area contributed by atoms with Crippen molar-refractivity contribution in [3.8, 4) is 0 Å². The van der Waals surface area contributed by atoms with Crippen molar-refractivity contribution < 1.29 is 18.1 Å². The molecule has 2 unspecified atom stereocenters. The average Bonchev–Trinajstić information content (AvgIpc) is 2.34. The van der Waals surface area contributed by atoms with E-state index in [-0.39, 0.29) is 6.10 Å². The molecule has 0 aromatic carbocycles. The van der Waals surface area contributed by atoms with Gasteiger partial charge in [0.05, 0.1) is 11.4 Å². The normalized spacial score (nSPS) is 15.4. The third-order valence-electron chi connectivity index (χ3n) is 3.59. The van der Waals surface area contributed by atoms with E-state index in [0.29, 0.717) is 12.8 Å². The summed E-state index contributed by atoms with van der Waals surface area (Å²) in [5, 5.41) is 8.80. The molecule has 0 aliphatic heterocycles. The highest BCUT2D eigenvalue weighted by atomic mass is 32.2. The van der Waals surface area contributed by atoms with E-state index in [1.54, 1.807) is 0 Å². The minimum Gasteiger partial charge on any atom is -0.393 e. The Labute approximate surface area is 118 Å². The maximum atomic E-state index is 11.3. The molecule has 0 saturated heterocycles. The van der Waals surface area contributed by atoms with Crippen LogP contribution in [-0.4, -0.2) is 29.4 Å². The van der Waals surface area contributed by atoms with Crippen LogP contribution in [0.15, 0.2) is 0 Å². The van der Waals surface area contributed by atoms with Crippen molar-refractivity contribution in [3.63, 3.8) is 0 Å². The van der Waals surface area contributed by atoms with Crippen LogP contribution in [0.3, 0.4) is 0 Å². The molecule has 0 aromatic heterocycles. The van der Waals surface area contributed by atoms with Crippen LogP contribution in [0.5, 0.6) is 0 Å². The van der Waals surface area contributed by atoms with Crippen LogP contribution >= 0.6 is 0 Å². The summed E-state index contributed by atoms with van der Waals surface area (Å²) >= 11 is 0. The lowest BCUT2D eigenvalue weighted by atomic mass is 10.0. The summed E-state index contributed by atoms with van der Waals surface area (Å²) in [5.74, 6) is 0. The molecule has 0 bridgehead atoms. The van der Waals surface area contributed by atoms with Gasteiger partial charge in [0.25, 0.3) is 10.1 Å². The second kappa shape index (κ2) is 10.6. The zero-order valence-electron chi connectivity index (χ0n) is 12.3. The first-order valence-corrected chi connectivity index (χ1v) is 9.06. The Balaban J connectivity index is 3.87. The van der Waals surface area contributed by atoms with E-state index in [4.69, 9.17) is 0 Å². The molecule has 2 N–H and O–H groups in total. The van der Waals surface area contributed by atoms with E-state index in [1.807, 2.05) is 6.92 Å². The molecular weight excluding hydrogens is 264 g/mol. The number of aliphatic hydroxyl groups excluding tert-OH is 1. The van der Waals surface area contributed by atoms with Crippen LogP contribution in [0.2, 0.25) is 0 Å². The predicted molar refractivity (Wildman–Crippen MR) is 78.9 cm³/mol. The van der Waals surface area contributed by atoms with Crippen LogP contribution in [0.4, 0.5) is 0 Å². The quantitative estimate of drug-likeness (QED) is 0.426. The highest BCUT2D eigenvalue weighted by molar-refractivity contribution is 7.86. The van der Waals surface area contributed by atoms with Crippen LogP contribution in [0, 0.1) is 0 Å². The molecule has 0 rings (SSSR count). The topological polar surface area (TPSA) is 74.6 Å². The van der Waals surface area contributed by atoms with E-state index in [9.17, 15) is 18.1 Å². The molecule has 0 spiro atoms. The maximum Gasteiger partial charge on any atom is 0.267 e. The zero-order valence-corrected chi connectivity index (χ0v) is 13.2. The Kier molecular flexibility index (Phi) is 10.6. The molecule has 116 valence electrons. The number of unbranched alkanes of at least 4 members (excludes halogenated alkanes) is 4. The van der Waals surface area contributed by atoms with E-state index < -0.39 is 15.4 Å². The second-order valence-corrected chi connectivity index (χ2v) is 7.03. The van der Waals surface area contributed by atoms with Gasteiger partial charge in [0.15, 0.2) is 0 Å². The highest BCUT2D eigenvalue weighted by Crippen LogP contribution is 2.18. The van der Waals surface area contributed by atoms with E-state index in [2.05, 4.69) is 6.92 Å². The second-order valence-electron chi connectivity index (χ2n) is 5.33. The van der Waals surface area contributed by atoms with Gasteiger partial charge in [0.1, 0.15) is 0 Å². The third-order valence-corrected chi connectivity index (χ3v) is 4.90. The summed E-state index contributed by atoms with van der Waals surface area (Å²) in [6.07, 6.45) is 7.95. The van der Waals surface area contributed by atoms with Crippen molar-refractivity contribution in [2.45, 2.75) is 89.4 Å². The van der Waals surface area contributed by atoms with E-state index in [0.717, 1.165) is 51.4 Å². The van der Waals surface area contributed by atoms with Gasteiger partial charge in [-0.05, 0) is 25.7 Å². The van der Waals surface area contributed by atoms with Crippen molar-refractivity contribution in [3.05, 3.63) is 0 Å². The Morgan fingerprint density at radius 3 is 1.89 bits per heavy atom. The molecule has 0 aromatic rings. The molecule has 0 amide bonds. The first kappa shape index (κ1) is 18.9. The van der Waals surface area contributed by atoms with Crippen LogP contribution in [-0.2, 0) is 10.1 Å². The molecule has 19 heavy (non-hydrogen) atoms. The summed E-state index contributed by atoms with van der Waals surface area (Å²) < 4.78 is 31.7. The SMILES string of the molecule is CCCCCC(CCCCCC(O)CC)S(=O)(=O)O. The molecular formula is C14H30O4S. The van der Waals surface area contributed by atoms with Crippen molar-refractivity contribution in [1.29, 1.82) is 0 Å². The fourth-order valence-electron chi connectivity index (χ4n) is 2.20. The minimum atomic E-state index is -3.90. The minimum absolute atomic E-state index is 0.234. The van der Waals surface area contributed by atoms with Crippen molar-refractivity contribution in [1.82, 2.24) is 0 Å². The van der Waals surface area contributed by atoms with Gasteiger partial charge in [0.2, 0.25) is 0 Å². The summed E-state index contributed by atoms with van der Waals surface area (Å²) in [5.41, 5.74) is 0. The Morgan fingerprint density at radius 2 is 1.42 bits per heavy atom. The third kappa shape index (κ3) is 10.3. The van der Waals surface area contributed by atoms with E-state index in [1.165, 1.54) is 0 Å². The maximum absolute atomic E-state index is 11.3. The van der Waals surface area contributed by atoms with Crippen molar-refractivity contribution >= 4 is 10.1 Å². The average molecular weight is 294 g/mol. The van der Waals surface area contributed by atoms with Gasteiger partial charge in [-0.25, -0.2) is 0 Å². The summed E-state index contributed by atoms with van der Waals surface area (Å²) in [4.78, 5) is 0. The largest absolute Gasteiger partial charge is 0.393 e. The van der Waals surface area contributed by atoms with Gasteiger partial charge in [-0.3, -0.25) is 4.55 Å². The molecule has 0 aliphatic rings. The Morgan fingerprint density at radius 1 is 0.895 bits per heavy atom. The molecule has 0 radical (unpaired) electrons. The lowest BCUT2D eigenvalue weighted by Crippen LogP contribution is -2.20. The lowest BCUT2D eigenvalue weighted by molar-refractivity contribution is 0.156. The van der Waals surface area contributed by atoms with Crippen molar-refractivity contribution in [2.75, 3.05) is 0 Å². The standard InChI is InChI=1S/C14H30O4S/c1-3-5-7-11-14(19(16,17)18)12-9-6-8-10-13(15)4-2/h13-15H,3-12H2,1-2H3,(H,16,17,18). The predicted octanol–water partition coefficient (Wildman–Crippen LogP) is 3.54. The van der Waals surface area contributed by atoms with Crippen LogP contribution in [0.25, 0.3) is 0 Å². The fourth-order valence-corrected chi connectivity index (χ4v) is 3.13. The zero-order chi connectivity index (χ0) is 14.7. The lowest BCUT2D eigenvalue weighted by Gasteiger charge is -2.13. The van der Waals surface area contributed by atoms with Crippen LogP contribution in [0.1, 0.15) is 78.1 Å². The van der Waals surface area contributed by atoms with Gasteiger partial charge in [-0.15, -0.1) is 0 Å². The van der Waals surface area contributed by atoms with Gasteiger partial charge < -0.3 is 5.11 Å². The highest BCUT2D eigenvalue weighted by Gasteiger charge is 2.21. The van der Waals surface area contributed by atoms with E-state index >= 15 is 0 Å². The van der Waals surface area contributed by atoms with Gasteiger partial charge in [-0.1, -0.05) is 52.4 Å². The van der Waals surface area contributed by atoms with Gasteiger partial charge in [0, 0.05) is 0 Å². The number of hydrogen-bond donors (Lipinski definition) is 2. The molecule has 0 saturated carbocycles. The summed E-state index contributed by atoms with van der Waals surface area (Å²) in [7, 11) is -3.90. The molecule has 0 heterocycles.